The van der Waals surface area contributed by atoms with E-state index in [2.05, 4.69) is 15.3 Å². The second-order valence-corrected chi connectivity index (χ2v) is 10.6. The number of piperidine rings is 1. The number of anilines is 1. The Morgan fingerprint density at radius 3 is 2.69 bits per heavy atom. The van der Waals surface area contributed by atoms with Crippen LogP contribution in [0.5, 0.6) is 0 Å². The van der Waals surface area contributed by atoms with Crippen LogP contribution in [0.1, 0.15) is 68.1 Å². The predicted molar refractivity (Wildman–Crippen MR) is 138 cm³/mol. The zero-order valence-electron chi connectivity index (χ0n) is 19.2. The summed E-state index contributed by atoms with van der Waals surface area (Å²) in [7, 11) is 0. The molecule has 3 aromatic rings. The fraction of sp³-hybridized carbons (Fsp3) is 0.320. The van der Waals surface area contributed by atoms with Gasteiger partial charge in [-0.3, -0.25) is 19.4 Å². The minimum absolute atomic E-state index is 0.0404. The van der Waals surface area contributed by atoms with Crippen molar-refractivity contribution in [2.45, 2.75) is 38.0 Å². The van der Waals surface area contributed by atoms with Gasteiger partial charge in [0.1, 0.15) is 10.7 Å². The summed E-state index contributed by atoms with van der Waals surface area (Å²) >= 11 is 2.73. The summed E-state index contributed by atoms with van der Waals surface area (Å²) in [5.41, 5.74) is 8.91. The SMILES string of the molecule is Cc1csc(NC(=O)c2csc(C3CCN(C(=O)CC4C=Nc5ccccc54)CC3)n2)c1C(N)=O. The van der Waals surface area contributed by atoms with E-state index in [4.69, 9.17) is 5.73 Å². The zero-order chi connectivity index (χ0) is 24.5. The zero-order valence-corrected chi connectivity index (χ0v) is 20.8. The van der Waals surface area contributed by atoms with E-state index in [1.807, 2.05) is 35.4 Å². The summed E-state index contributed by atoms with van der Waals surface area (Å²) < 4.78 is 0. The molecule has 5 rings (SSSR count). The van der Waals surface area contributed by atoms with Crippen LogP contribution < -0.4 is 11.1 Å². The first-order valence-electron chi connectivity index (χ1n) is 11.5. The molecule has 1 unspecified atom stereocenters. The number of fused-ring (bicyclic) bond motifs is 1. The summed E-state index contributed by atoms with van der Waals surface area (Å²) in [6, 6.07) is 7.96. The molecule has 1 saturated heterocycles. The first-order valence-corrected chi connectivity index (χ1v) is 13.2. The van der Waals surface area contributed by atoms with Gasteiger partial charge in [-0.15, -0.1) is 22.7 Å². The first-order chi connectivity index (χ1) is 16.9. The van der Waals surface area contributed by atoms with Crippen LogP contribution in [0.3, 0.4) is 0 Å². The molecule has 2 aromatic heterocycles. The van der Waals surface area contributed by atoms with Crippen LogP contribution in [-0.2, 0) is 4.79 Å². The molecule has 1 fully saturated rings. The fourth-order valence-electron chi connectivity index (χ4n) is 4.61. The molecule has 8 nitrogen and oxygen atoms in total. The highest BCUT2D eigenvalue weighted by Crippen LogP contribution is 2.35. The van der Waals surface area contributed by atoms with Gasteiger partial charge in [0.25, 0.3) is 11.8 Å². The number of rotatable bonds is 6. The van der Waals surface area contributed by atoms with Gasteiger partial charge in [-0.1, -0.05) is 18.2 Å². The lowest BCUT2D eigenvalue weighted by molar-refractivity contribution is -0.132. The maximum absolute atomic E-state index is 12.9. The Morgan fingerprint density at radius 2 is 1.91 bits per heavy atom. The second-order valence-electron chi connectivity index (χ2n) is 8.81. The Kier molecular flexibility index (Phi) is 6.48. The third-order valence-corrected chi connectivity index (χ3v) is 8.54. The molecule has 0 bridgehead atoms. The molecule has 1 aromatic carbocycles. The first kappa shape index (κ1) is 23.4. The number of nitrogens with two attached hydrogens (primary N) is 1. The van der Waals surface area contributed by atoms with Gasteiger partial charge >= 0.3 is 0 Å². The molecule has 4 heterocycles. The van der Waals surface area contributed by atoms with E-state index in [9.17, 15) is 14.4 Å². The van der Waals surface area contributed by atoms with Gasteiger partial charge < -0.3 is 16.0 Å². The fourth-order valence-corrected chi connectivity index (χ4v) is 6.53. The van der Waals surface area contributed by atoms with Gasteiger partial charge in [-0.25, -0.2) is 4.98 Å². The lowest BCUT2D eigenvalue weighted by Gasteiger charge is -2.31. The summed E-state index contributed by atoms with van der Waals surface area (Å²) in [5, 5.41) is 7.64. The van der Waals surface area contributed by atoms with Crippen molar-refractivity contribution in [3.05, 3.63) is 62.4 Å². The van der Waals surface area contributed by atoms with Gasteiger partial charge in [-0.2, -0.15) is 0 Å². The number of carbonyl (C=O) groups is 3. The van der Waals surface area contributed by atoms with Crippen molar-refractivity contribution in [1.82, 2.24) is 9.88 Å². The normalized spacial score (nSPS) is 17.4. The quantitative estimate of drug-likeness (QED) is 0.512. The Balaban J connectivity index is 1.16. The topological polar surface area (TPSA) is 118 Å². The molecule has 3 amide bonds. The predicted octanol–water partition coefficient (Wildman–Crippen LogP) is 4.46. The van der Waals surface area contributed by atoms with Crippen molar-refractivity contribution in [3.8, 4) is 0 Å². The average molecular weight is 508 g/mol. The molecule has 0 saturated carbocycles. The summed E-state index contributed by atoms with van der Waals surface area (Å²) in [5.74, 6) is -0.526. The maximum Gasteiger partial charge on any atom is 0.275 e. The van der Waals surface area contributed by atoms with Crippen molar-refractivity contribution in [3.63, 3.8) is 0 Å². The van der Waals surface area contributed by atoms with Crippen molar-refractivity contribution in [2.24, 2.45) is 10.7 Å². The number of thiazole rings is 1. The van der Waals surface area contributed by atoms with Crippen LogP contribution in [0.2, 0.25) is 0 Å². The van der Waals surface area contributed by atoms with E-state index in [-0.39, 0.29) is 23.7 Å². The van der Waals surface area contributed by atoms with Gasteiger partial charge in [0.15, 0.2) is 0 Å². The number of amides is 3. The molecule has 3 N–H and O–H groups in total. The van der Waals surface area contributed by atoms with Crippen molar-refractivity contribution < 1.29 is 14.4 Å². The van der Waals surface area contributed by atoms with Crippen LogP contribution >= 0.6 is 22.7 Å². The largest absolute Gasteiger partial charge is 0.365 e. The Hall–Kier alpha value is -3.37. The van der Waals surface area contributed by atoms with Crippen molar-refractivity contribution >= 4 is 57.3 Å². The lowest BCUT2D eigenvalue weighted by Crippen LogP contribution is -2.38. The number of aliphatic imine (C=N–C) groups is 1. The van der Waals surface area contributed by atoms with Gasteiger partial charge in [-0.05, 0) is 42.3 Å². The number of aromatic nitrogens is 1. The monoisotopic (exact) mass is 507 g/mol. The highest BCUT2D eigenvalue weighted by molar-refractivity contribution is 7.15. The molecule has 2 aliphatic heterocycles. The number of primary amides is 1. The van der Waals surface area contributed by atoms with Crippen LogP contribution in [0.4, 0.5) is 10.7 Å². The van der Waals surface area contributed by atoms with Gasteiger partial charge in [0.05, 0.1) is 16.3 Å². The van der Waals surface area contributed by atoms with Crippen LogP contribution in [-0.4, -0.2) is 46.9 Å². The Labute approximate surface area is 210 Å². The number of para-hydroxylation sites is 1. The summed E-state index contributed by atoms with van der Waals surface area (Å²) in [6.45, 7) is 3.13. The van der Waals surface area contributed by atoms with Gasteiger partial charge in [0, 0.05) is 42.9 Å². The Bertz CT molecular complexity index is 1320. The average Bonchev–Trinajstić information content (AvgIpc) is 3.58. The Morgan fingerprint density at radius 1 is 1.14 bits per heavy atom. The molecule has 0 spiro atoms. The smallest absolute Gasteiger partial charge is 0.275 e. The lowest BCUT2D eigenvalue weighted by atomic mass is 9.94. The number of nitrogens with zero attached hydrogens (tertiary/aromatic N) is 3. The van der Waals surface area contributed by atoms with E-state index in [1.54, 1.807) is 17.7 Å². The standard InChI is InChI=1S/C25H25N5O3S2/c1-14-12-34-25(21(14)22(26)32)29-23(33)19-13-35-24(28-19)15-6-8-30(9-7-15)20(31)10-16-11-27-18-5-3-2-4-17(16)18/h2-5,11-13,15-16H,6-10H2,1H3,(H2,26,32)(H,29,33). The van der Waals surface area contributed by atoms with Crippen LogP contribution in [0, 0.1) is 6.92 Å². The highest BCUT2D eigenvalue weighted by atomic mass is 32.1. The number of hydrogen-bond acceptors (Lipinski definition) is 7. The molecule has 0 aliphatic carbocycles. The number of aryl methyl sites for hydroxylation is 1. The molecule has 35 heavy (non-hydrogen) atoms. The number of nitrogens with one attached hydrogen (secondary N) is 1. The minimum atomic E-state index is -0.566. The van der Waals surface area contributed by atoms with E-state index in [0.29, 0.717) is 35.8 Å². The van der Waals surface area contributed by atoms with E-state index >= 15 is 0 Å². The number of likely N-dealkylation sites (tertiary alicyclic amines) is 1. The molecule has 180 valence electrons. The van der Waals surface area contributed by atoms with Crippen molar-refractivity contribution in [2.75, 3.05) is 18.4 Å². The number of thiophene rings is 1. The molecular weight excluding hydrogens is 482 g/mol. The minimum Gasteiger partial charge on any atom is -0.365 e. The third kappa shape index (κ3) is 4.76. The summed E-state index contributed by atoms with van der Waals surface area (Å²) in [4.78, 5) is 48.2. The van der Waals surface area contributed by atoms with Crippen LogP contribution in [0.15, 0.2) is 40.0 Å². The second kappa shape index (κ2) is 9.71. The van der Waals surface area contributed by atoms with E-state index in [0.717, 1.165) is 34.7 Å². The molecular formula is C25H25N5O3S2. The number of hydrogen-bond donors (Lipinski definition) is 2. The van der Waals surface area contributed by atoms with E-state index < -0.39 is 5.91 Å². The molecule has 2 aliphatic rings. The number of benzene rings is 1. The van der Waals surface area contributed by atoms with Crippen LogP contribution in [0.25, 0.3) is 0 Å². The summed E-state index contributed by atoms with van der Waals surface area (Å²) in [6.07, 6.45) is 3.93. The molecule has 0 radical (unpaired) electrons. The maximum atomic E-state index is 12.9. The molecule has 10 heteroatoms. The third-order valence-electron chi connectivity index (χ3n) is 6.52. The van der Waals surface area contributed by atoms with Gasteiger partial charge in [0.2, 0.25) is 5.91 Å². The highest BCUT2D eigenvalue weighted by Gasteiger charge is 2.29. The number of carbonyl (C=O) groups excluding carboxylic acids is 3. The van der Waals surface area contributed by atoms with Crippen molar-refractivity contribution in [1.29, 1.82) is 0 Å². The van der Waals surface area contributed by atoms with E-state index in [1.165, 1.54) is 22.7 Å². The molecule has 1 atom stereocenters.